The van der Waals surface area contributed by atoms with Gasteiger partial charge in [-0.1, -0.05) is 26.0 Å². The Hall–Kier alpha value is -2.93. The minimum absolute atomic E-state index is 0.129. The maximum atomic E-state index is 13.1. The van der Waals surface area contributed by atoms with E-state index in [1.54, 1.807) is 36.6 Å². The Morgan fingerprint density at radius 3 is 2.17 bits per heavy atom. The Morgan fingerprint density at radius 1 is 1.07 bits per heavy atom. The molecule has 2 heterocycles. The zero-order valence-electron chi connectivity index (χ0n) is 17.2. The number of likely N-dealkylation sites (N-methyl/N-ethyl adjacent to an activating group) is 1. The highest BCUT2D eigenvalue weighted by molar-refractivity contribution is 6.22. The van der Waals surface area contributed by atoms with E-state index >= 15 is 0 Å². The summed E-state index contributed by atoms with van der Waals surface area (Å²) in [4.78, 5) is 41.9. The van der Waals surface area contributed by atoms with Crippen LogP contribution >= 0.6 is 0 Å². The zero-order chi connectivity index (χ0) is 21.1. The number of benzene rings is 1. The number of furan rings is 1. The second-order valence-electron chi connectivity index (χ2n) is 7.91. The van der Waals surface area contributed by atoms with Crippen molar-refractivity contribution in [3.8, 4) is 0 Å². The Labute approximate surface area is 170 Å². The highest BCUT2D eigenvalue weighted by atomic mass is 16.3. The maximum Gasteiger partial charge on any atom is 0.262 e. The van der Waals surface area contributed by atoms with Gasteiger partial charge in [0.15, 0.2) is 0 Å². The fourth-order valence-corrected chi connectivity index (χ4v) is 3.60. The van der Waals surface area contributed by atoms with E-state index in [1.807, 2.05) is 38.9 Å². The summed E-state index contributed by atoms with van der Waals surface area (Å²) in [5, 5.41) is 2.92. The molecular weight excluding hydrogens is 370 g/mol. The molecule has 0 bridgehead atoms. The Balaban J connectivity index is 1.79. The van der Waals surface area contributed by atoms with Gasteiger partial charge in [-0.05, 0) is 50.7 Å². The van der Waals surface area contributed by atoms with Crippen LogP contribution in [0.5, 0.6) is 0 Å². The molecule has 3 rings (SSSR count). The van der Waals surface area contributed by atoms with Gasteiger partial charge in [0.05, 0.1) is 23.4 Å². The first-order chi connectivity index (χ1) is 13.8. The van der Waals surface area contributed by atoms with Gasteiger partial charge in [-0.15, -0.1) is 0 Å². The average molecular weight is 397 g/mol. The molecule has 0 saturated heterocycles. The predicted molar refractivity (Wildman–Crippen MR) is 108 cm³/mol. The molecule has 0 spiro atoms. The smallest absolute Gasteiger partial charge is 0.262 e. The van der Waals surface area contributed by atoms with Crippen molar-refractivity contribution in [2.45, 2.75) is 32.4 Å². The van der Waals surface area contributed by atoms with Crippen LogP contribution in [0.3, 0.4) is 0 Å². The summed E-state index contributed by atoms with van der Waals surface area (Å²) >= 11 is 0. The van der Waals surface area contributed by atoms with Crippen molar-refractivity contribution in [3.63, 3.8) is 0 Å². The van der Waals surface area contributed by atoms with Gasteiger partial charge in [-0.3, -0.25) is 24.2 Å². The normalized spacial score (nSPS) is 15.7. The number of imide groups is 1. The van der Waals surface area contributed by atoms with Gasteiger partial charge < -0.3 is 9.73 Å². The van der Waals surface area contributed by atoms with Crippen molar-refractivity contribution in [2.75, 3.05) is 20.6 Å². The molecule has 154 valence electrons. The second-order valence-corrected chi connectivity index (χ2v) is 7.91. The van der Waals surface area contributed by atoms with Crippen molar-refractivity contribution in [1.29, 1.82) is 0 Å². The van der Waals surface area contributed by atoms with Crippen molar-refractivity contribution in [1.82, 2.24) is 15.1 Å². The third kappa shape index (κ3) is 4.24. The molecule has 1 aliphatic heterocycles. The van der Waals surface area contributed by atoms with Crippen LogP contribution in [-0.4, -0.2) is 54.2 Å². The first-order valence-electron chi connectivity index (χ1n) is 9.75. The first-order valence-corrected chi connectivity index (χ1v) is 9.75. The van der Waals surface area contributed by atoms with Crippen LogP contribution in [0, 0.1) is 5.92 Å². The van der Waals surface area contributed by atoms with Crippen LogP contribution in [-0.2, 0) is 4.79 Å². The SMILES string of the molecule is CC(C)CC(C(=O)NCC(c1ccco1)N(C)C)N1C(=O)c2ccccc2C1=O. The molecule has 2 unspecified atom stereocenters. The van der Waals surface area contributed by atoms with Crippen LogP contribution in [0.1, 0.15) is 52.8 Å². The van der Waals surface area contributed by atoms with E-state index < -0.39 is 17.9 Å². The van der Waals surface area contributed by atoms with E-state index in [4.69, 9.17) is 4.42 Å². The number of nitrogens with one attached hydrogen (secondary N) is 1. The summed E-state index contributed by atoms with van der Waals surface area (Å²) in [5.74, 6) is -0.309. The Morgan fingerprint density at radius 2 is 1.69 bits per heavy atom. The molecule has 7 nitrogen and oxygen atoms in total. The molecule has 0 fully saturated rings. The molecule has 3 amide bonds. The topological polar surface area (TPSA) is 82.9 Å². The van der Waals surface area contributed by atoms with E-state index in [-0.39, 0.29) is 17.9 Å². The van der Waals surface area contributed by atoms with Crippen molar-refractivity contribution in [3.05, 3.63) is 59.5 Å². The van der Waals surface area contributed by atoms with Crippen molar-refractivity contribution < 1.29 is 18.8 Å². The third-order valence-electron chi connectivity index (χ3n) is 5.10. The number of rotatable bonds is 8. The molecule has 29 heavy (non-hydrogen) atoms. The lowest BCUT2D eigenvalue weighted by atomic mass is 10.0. The molecule has 1 aromatic heterocycles. The molecule has 0 saturated carbocycles. The summed E-state index contributed by atoms with van der Waals surface area (Å²) in [6.07, 6.45) is 1.98. The van der Waals surface area contributed by atoms with Crippen LogP contribution in [0.2, 0.25) is 0 Å². The van der Waals surface area contributed by atoms with E-state index in [0.717, 1.165) is 10.7 Å². The Kier molecular flexibility index (Phi) is 6.17. The Bertz CT molecular complexity index is 854. The summed E-state index contributed by atoms with van der Waals surface area (Å²) in [7, 11) is 3.80. The molecule has 1 aromatic carbocycles. The number of carbonyl (C=O) groups excluding carboxylic acids is 3. The molecule has 0 radical (unpaired) electrons. The number of carbonyl (C=O) groups is 3. The molecule has 7 heteroatoms. The first kappa shape index (κ1) is 20.8. The van der Waals surface area contributed by atoms with E-state index in [2.05, 4.69) is 5.32 Å². The van der Waals surface area contributed by atoms with Crippen molar-refractivity contribution >= 4 is 17.7 Å². The predicted octanol–water partition coefficient (Wildman–Crippen LogP) is 2.71. The third-order valence-corrected chi connectivity index (χ3v) is 5.10. The highest BCUT2D eigenvalue weighted by Crippen LogP contribution is 2.27. The van der Waals surface area contributed by atoms with E-state index in [1.165, 1.54) is 0 Å². The minimum atomic E-state index is -0.859. The lowest BCUT2D eigenvalue weighted by molar-refractivity contribution is -0.125. The van der Waals surface area contributed by atoms with Crippen molar-refractivity contribution in [2.24, 2.45) is 5.92 Å². The molecular formula is C22H27N3O4. The number of hydrogen-bond acceptors (Lipinski definition) is 5. The summed E-state index contributed by atoms with van der Waals surface area (Å²) in [6.45, 7) is 4.23. The quantitative estimate of drug-likeness (QED) is 0.693. The van der Waals surface area contributed by atoms with Crippen LogP contribution in [0.15, 0.2) is 47.1 Å². The van der Waals surface area contributed by atoms with Gasteiger partial charge >= 0.3 is 0 Å². The fraction of sp³-hybridized carbons (Fsp3) is 0.409. The lowest BCUT2D eigenvalue weighted by Crippen LogP contribution is -2.51. The standard InChI is InChI=1S/C22H27N3O4/c1-14(2)12-17(25-21(27)15-8-5-6-9-16(15)22(25)28)20(26)23-13-18(24(3)4)19-10-7-11-29-19/h5-11,14,17-18H,12-13H2,1-4H3,(H,23,26). The maximum absolute atomic E-state index is 13.1. The van der Waals surface area contributed by atoms with E-state index in [0.29, 0.717) is 24.1 Å². The highest BCUT2D eigenvalue weighted by Gasteiger charge is 2.42. The van der Waals surface area contributed by atoms with Gasteiger partial charge in [0.25, 0.3) is 11.8 Å². The van der Waals surface area contributed by atoms with Gasteiger partial charge in [0.2, 0.25) is 5.91 Å². The van der Waals surface area contributed by atoms with Gasteiger partial charge in [-0.2, -0.15) is 0 Å². The minimum Gasteiger partial charge on any atom is -0.468 e. The number of nitrogens with zero attached hydrogens (tertiary/aromatic N) is 2. The average Bonchev–Trinajstić information content (AvgIpc) is 3.28. The monoisotopic (exact) mass is 397 g/mol. The fourth-order valence-electron chi connectivity index (χ4n) is 3.60. The number of hydrogen-bond donors (Lipinski definition) is 1. The zero-order valence-corrected chi connectivity index (χ0v) is 17.2. The molecule has 2 atom stereocenters. The molecule has 1 aliphatic rings. The van der Waals surface area contributed by atoms with Crippen LogP contribution < -0.4 is 5.32 Å². The second kappa shape index (κ2) is 8.61. The van der Waals surface area contributed by atoms with Crippen LogP contribution in [0.4, 0.5) is 0 Å². The van der Waals surface area contributed by atoms with Gasteiger partial charge in [0.1, 0.15) is 11.8 Å². The lowest BCUT2D eigenvalue weighted by Gasteiger charge is -2.28. The molecule has 2 aromatic rings. The summed E-state index contributed by atoms with van der Waals surface area (Å²) in [6, 6.07) is 9.32. The molecule has 0 aliphatic carbocycles. The van der Waals surface area contributed by atoms with E-state index in [9.17, 15) is 14.4 Å². The van der Waals surface area contributed by atoms with Crippen LogP contribution in [0.25, 0.3) is 0 Å². The molecule has 1 N–H and O–H groups in total. The van der Waals surface area contributed by atoms with Gasteiger partial charge in [0, 0.05) is 6.54 Å². The largest absolute Gasteiger partial charge is 0.468 e. The summed E-state index contributed by atoms with van der Waals surface area (Å²) < 4.78 is 5.48. The number of fused-ring (bicyclic) bond motifs is 1. The van der Waals surface area contributed by atoms with Gasteiger partial charge in [-0.25, -0.2) is 0 Å². The summed E-state index contributed by atoms with van der Waals surface area (Å²) in [5.41, 5.74) is 0.696. The number of amides is 3.